The van der Waals surface area contributed by atoms with Crippen molar-refractivity contribution in [3.05, 3.63) is 95.8 Å². The number of para-hydroxylation sites is 2. The minimum Gasteiger partial charge on any atom is -0.497 e. The van der Waals surface area contributed by atoms with E-state index < -0.39 is 0 Å². The molecule has 1 N–H and O–H groups in total. The van der Waals surface area contributed by atoms with Crippen LogP contribution in [0.4, 0.5) is 0 Å². The lowest BCUT2D eigenvalue weighted by Crippen LogP contribution is -2.38. The van der Waals surface area contributed by atoms with Gasteiger partial charge in [-0.2, -0.15) is 0 Å². The Morgan fingerprint density at radius 3 is 2.51 bits per heavy atom. The van der Waals surface area contributed by atoms with E-state index in [1.807, 2.05) is 84.0 Å². The lowest BCUT2D eigenvalue weighted by molar-refractivity contribution is -0.134. The van der Waals surface area contributed by atoms with Gasteiger partial charge >= 0.3 is 0 Å². The van der Waals surface area contributed by atoms with E-state index in [2.05, 4.69) is 5.32 Å². The van der Waals surface area contributed by atoms with Crippen LogP contribution < -0.4 is 10.1 Å². The van der Waals surface area contributed by atoms with Gasteiger partial charge < -0.3 is 19.5 Å². The van der Waals surface area contributed by atoms with Crippen LogP contribution in [0.15, 0.2) is 78.9 Å². The maximum absolute atomic E-state index is 13.5. The predicted molar refractivity (Wildman–Crippen MR) is 146 cm³/mol. The Morgan fingerprint density at radius 1 is 1.00 bits per heavy atom. The van der Waals surface area contributed by atoms with Crippen LogP contribution in [-0.2, 0) is 24.3 Å². The lowest BCUT2D eigenvalue weighted by atomic mass is 10.2. The highest BCUT2D eigenvalue weighted by Crippen LogP contribution is 2.19. The van der Waals surface area contributed by atoms with E-state index in [4.69, 9.17) is 9.72 Å². The third-order valence-electron chi connectivity index (χ3n) is 6.36. The molecule has 0 bridgehead atoms. The van der Waals surface area contributed by atoms with Crippen LogP contribution in [0.25, 0.3) is 11.0 Å². The molecule has 0 atom stereocenters. The molecule has 0 radical (unpaired) electrons. The first-order valence-electron chi connectivity index (χ1n) is 12.7. The van der Waals surface area contributed by atoms with Crippen molar-refractivity contribution in [3.8, 4) is 5.75 Å². The first-order valence-corrected chi connectivity index (χ1v) is 12.7. The SMILES string of the molecule is COc1cccc(C(=O)NCCCc2nc3ccccc3n2CC(=O)N(Cc2ccccc2)C(C)C)c1. The molecule has 0 fully saturated rings. The van der Waals surface area contributed by atoms with E-state index in [9.17, 15) is 9.59 Å². The number of nitrogens with zero attached hydrogens (tertiary/aromatic N) is 3. The van der Waals surface area contributed by atoms with Crippen LogP contribution in [0.5, 0.6) is 5.75 Å². The third-order valence-corrected chi connectivity index (χ3v) is 6.36. The van der Waals surface area contributed by atoms with E-state index in [1.54, 1.807) is 25.3 Å². The number of benzene rings is 3. The quantitative estimate of drug-likeness (QED) is 0.300. The number of ether oxygens (including phenoxy) is 1. The molecule has 7 nitrogen and oxygen atoms in total. The fraction of sp³-hybridized carbons (Fsp3) is 0.300. The van der Waals surface area contributed by atoms with Crippen molar-refractivity contribution in [2.75, 3.05) is 13.7 Å². The normalized spacial score (nSPS) is 11.0. The van der Waals surface area contributed by atoms with Crippen molar-refractivity contribution in [3.63, 3.8) is 0 Å². The Balaban J connectivity index is 1.44. The molecular formula is C30H34N4O3. The molecule has 2 amide bonds. The highest BCUT2D eigenvalue weighted by Gasteiger charge is 2.21. The smallest absolute Gasteiger partial charge is 0.251 e. The molecule has 0 unspecified atom stereocenters. The molecule has 0 aliphatic carbocycles. The summed E-state index contributed by atoms with van der Waals surface area (Å²) in [5, 5.41) is 2.97. The van der Waals surface area contributed by atoms with Crippen molar-refractivity contribution < 1.29 is 14.3 Å². The molecule has 0 spiro atoms. The number of aromatic nitrogens is 2. The summed E-state index contributed by atoms with van der Waals surface area (Å²) >= 11 is 0. The molecule has 37 heavy (non-hydrogen) atoms. The maximum atomic E-state index is 13.5. The van der Waals surface area contributed by atoms with E-state index in [0.717, 1.165) is 22.4 Å². The highest BCUT2D eigenvalue weighted by molar-refractivity contribution is 5.94. The van der Waals surface area contributed by atoms with Crippen LogP contribution in [-0.4, -0.2) is 46.0 Å². The Kier molecular flexibility index (Phi) is 8.56. The molecule has 0 saturated heterocycles. The fourth-order valence-corrected chi connectivity index (χ4v) is 4.37. The molecule has 4 rings (SSSR count). The van der Waals surface area contributed by atoms with Crippen LogP contribution in [0.2, 0.25) is 0 Å². The van der Waals surface area contributed by atoms with Gasteiger partial charge in [0.1, 0.15) is 18.1 Å². The van der Waals surface area contributed by atoms with Crippen LogP contribution >= 0.6 is 0 Å². The first-order chi connectivity index (χ1) is 18.0. The van der Waals surface area contributed by atoms with Crippen LogP contribution in [0.1, 0.15) is 42.0 Å². The summed E-state index contributed by atoms with van der Waals surface area (Å²) in [5.41, 5.74) is 3.47. The number of fused-ring (bicyclic) bond motifs is 1. The molecule has 1 aromatic heterocycles. The van der Waals surface area contributed by atoms with Gasteiger partial charge in [0.2, 0.25) is 5.91 Å². The number of amides is 2. The predicted octanol–water partition coefficient (Wildman–Crippen LogP) is 4.84. The van der Waals surface area contributed by atoms with Crippen LogP contribution in [0.3, 0.4) is 0 Å². The Hall–Kier alpha value is -4.13. The molecule has 0 aliphatic rings. The number of carbonyl (C=O) groups excluding carboxylic acids is 2. The van der Waals surface area contributed by atoms with E-state index in [0.29, 0.717) is 37.2 Å². The average Bonchev–Trinajstić information content (AvgIpc) is 3.26. The van der Waals surface area contributed by atoms with Crippen molar-refractivity contribution in [2.24, 2.45) is 0 Å². The Labute approximate surface area is 218 Å². The van der Waals surface area contributed by atoms with Gasteiger partial charge in [0, 0.05) is 31.1 Å². The van der Waals surface area contributed by atoms with Crippen molar-refractivity contribution in [1.29, 1.82) is 0 Å². The standard InChI is InChI=1S/C30H34N4O3/c1-22(2)33(20-23-11-5-4-6-12-23)29(35)21-34-27-16-8-7-15-26(27)32-28(34)17-10-18-31-30(36)24-13-9-14-25(19-24)37-3/h4-9,11-16,19,22H,10,17-18,20-21H2,1-3H3,(H,31,36). The largest absolute Gasteiger partial charge is 0.497 e. The number of nitrogens with one attached hydrogen (secondary N) is 1. The van der Waals surface area contributed by atoms with Gasteiger partial charge in [0.05, 0.1) is 18.1 Å². The second kappa shape index (κ2) is 12.2. The second-order valence-corrected chi connectivity index (χ2v) is 9.30. The molecule has 0 saturated carbocycles. The van der Waals surface area contributed by atoms with E-state index >= 15 is 0 Å². The monoisotopic (exact) mass is 498 g/mol. The number of hydrogen-bond acceptors (Lipinski definition) is 4. The number of aryl methyl sites for hydroxylation is 1. The number of carbonyl (C=O) groups is 2. The van der Waals surface area contributed by atoms with Crippen molar-refractivity contribution in [2.45, 2.75) is 45.8 Å². The summed E-state index contributed by atoms with van der Waals surface area (Å²) < 4.78 is 7.22. The van der Waals surface area contributed by atoms with Gasteiger partial charge in [-0.1, -0.05) is 48.5 Å². The topological polar surface area (TPSA) is 76.5 Å². The average molecular weight is 499 g/mol. The number of hydrogen-bond donors (Lipinski definition) is 1. The number of rotatable bonds is 11. The van der Waals surface area contributed by atoms with Crippen LogP contribution in [0, 0.1) is 0 Å². The van der Waals surface area contributed by atoms with Gasteiger partial charge in [-0.15, -0.1) is 0 Å². The van der Waals surface area contributed by atoms with Gasteiger partial charge in [0.15, 0.2) is 0 Å². The molecule has 1 heterocycles. The Morgan fingerprint density at radius 2 is 1.76 bits per heavy atom. The third kappa shape index (κ3) is 6.55. The van der Waals surface area contributed by atoms with Gasteiger partial charge in [-0.25, -0.2) is 4.98 Å². The van der Waals surface area contributed by atoms with E-state index in [1.165, 1.54) is 0 Å². The molecule has 3 aromatic carbocycles. The minimum absolute atomic E-state index is 0.0505. The lowest BCUT2D eigenvalue weighted by Gasteiger charge is -2.27. The number of methoxy groups -OCH3 is 1. The summed E-state index contributed by atoms with van der Waals surface area (Å²) in [6.07, 6.45) is 1.34. The Bertz CT molecular complexity index is 1350. The summed E-state index contributed by atoms with van der Waals surface area (Å²) in [4.78, 5) is 32.7. The summed E-state index contributed by atoms with van der Waals surface area (Å²) in [7, 11) is 1.58. The zero-order chi connectivity index (χ0) is 26.2. The molecule has 7 heteroatoms. The summed E-state index contributed by atoms with van der Waals surface area (Å²) in [6, 6.07) is 25.1. The number of imidazole rings is 1. The summed E-state index contributed by atoms with van der Waals surface area (Å²) in [5.74, 6) is 1.40. The van der Waals surface area contributed by atoms with Crippen molar-refractivity contribution >= 4 is 22.8 Å². The van der Waals surface area contributed by atoms with Gasteiger partial charge in [0.25, 0.3) is 5.91 Å². The zero-order valence-electron chi connectivity index (χ0n) is 21.7. The summed E-state index contributed by atoms with van der Waals surface area (Å²) in [6.45, 7) is 5.36. The van der Waals surface area contributed by atoms with Crippen molar-refractivity contribution in [1.82, 2.24) is 19.8 Å². The van der Waals surface area contributed by atoms with Gasteiger partial charge in [-0.05, 0) is 56.2 Å². The fourth-order valence-electron chi connectivity index (χ4n) is 4.37. The van der Waals surface area contributed by atoms with E-state index in [-0.39, 0.29) is 24.4 Å². The molecule has 0 aliphatic heterocycles. The molecule has 4 aromatic rings. The highest BCUT2D eigenvalue weighted by atomic mass is 16.5. The zero-order valence-corrected chi connectivity index (χ0v) is 21.7. The second-order valence-electron chi connectivity index (χ2n) is 9.30. The first kappa shape index (κ1) is 25.9. The minimum atomic E-state index is -0.143. The molecule has 192 valence electrons. The maximum Gasteiger partial charge on any atom is 0.251 e. The molecular weight excluding hydrogens is 464 g/mol. The van der Waals surface area contributed by atoms with Gasteiger partial charge in [-0.3, -0.25) is 9.59 Å².